The largest absolute Gasteiger partial charge is 0.208 e. The molecule has 6 aromatic carbocycles. The SMILES string of the molecule is CC1(C)c2cccc3c2-c2c(ccc(-c4nc(-c5ccccc5)nc(-c5ccccc5)n4)c21)-c1cccc2cccc-3c12. The zero-order valence-corrected chi connectivity index (χ0v) is 24.0. The van der Waals surface area contributed by atoms with E-state index < -0.39 is 0 Å². The molecule has 1 heterocycles. The molecule has 2 aliphatic rings. The maximum atomic E-state index is 5.15. The third-order valence-electron chi connectivity index (χ3n) is 9.24. The van der Waals surface area contributed by atoms with Crippen LogP contribution in [0.5, 0.6) is 0 Å². The fraction of sp³-hybridized carbons (Fsp3) is 0.0750. The Hall–Kier alpha value is -5.41. The molecular formula is C40H27N3. The summed E-state index contributed by atoms with van der Waals surface area (Å²) in [6, 6.07) is 45.2. The Balaban J connectivity index is 1.39. The third kappa shape index (κ3) is 3.39. The van der Waals surface area contributed by atoms with Gasteiger partial charge in [0, 0.05) is 22.1 Å². The lowest BCUT2D eigenvalue weighted by Gasteiger charge is -2.25. The van der Waals surface area contributed by atoms with Crippen molar-refractivity contribution >= 4 is 10.8 Å². The molecule has 0 fully saturated rings. The molecule has 7 aromatic rings. The average Bonchev–Trinajstić information content (AvgIpc) is 3.23. The van der Waals surface area contributed by atoms with E-state index in [1.807, 2.05) is 36.4 Å². The maximum Gasteiger partial charge on any atom is 0.164 e. The molecule has 0 amide bonds. The molecule has 3 heteroatoms. The van der Waals surface area contributed by atoms with E-state index in [4.69, 9.17) is 15.0 Å². The van der Waals surface area contributed by atoms with Gasteiger partial charge in [-0.2, -0.15) is 0 Å². The van der Waals surface area contributed by atoms with Gasteiger partial charge in [-0.3, -0.25) is 0 Å². The van der Waals surface area contributed by atoms with Crippen LogP contribution in [0.15, 0.2) is 127 Å². The molecule has 0 saturated heterocycles. The molecule has 0 saturated carbocycles. The van der Waals surface area contributed by atoms with Crippen LogP contribution in [0.3, 0.4) is 0 Å². The number of aromatic nitrogens is 3. The van der Waals surface area contributed by atoms with Crippen molar-refractivity contribution in [3.63, 3.8) is 0 Å². The highest BCUT2D eigenvalue weighted by molar-refractivity contribution is 6.16. The van der Waals surface area contributed by atoms with Crippen LogP contribution >= 0.6 is 0 Å². The van der Waals surface area contributed by atoms with Crippen molar-refractivity contribution in [2.24, 2.45) is 0 Å². The van der Waals surface area contributed by atoms with E-state index in [1.54, 1.807) is 0 Å². The molecule has 0 unspecified atom stereocenters. The van der Waals surface area contributed by atoms with Crippen molar-refractivity contribution < 1.29 is 0 Å². The van der Waals surface area contributed by atoms with Crippen LogP contribution in [0, 0.1) is 0 Å². The predicted molar refractivity (Wildman–Crippen MR) is 176 cm³/mol. The van der Waals surface area contributed by atoms with Gasteiger partial charge >= 0.3 is 0 Å². The molecule has 2 aliphatic carbocycles. The number of benzene rings is 6. The zero-order valence-electron chi connectivity index (χ0n) is 24.0. The molecule has 43 heavy (non-hydrogen) atoms. The molecule has 0 N–H and O–H groups in total. The molecule has 1 aromatic heterocycles. The van der Waals surface area contributed by atoms with E-state index in [-0.39, 0.29) is 5.41 Å². The Morgan fingerprint density at radius 1 is 0.419 bits per heavy atom. The first-order valence-electron chi connectivity index (χ1n) is 14.8. The summed E-state index contributed by atoms with van der Waals surface area (Å²) < 4.78 is 0. The van der Waals surface area contributed by atoms with Gasteiger partial charge in [-0.25, -0.2) is 15.0 Å². The summed E-state index contributed by atoms with van der Waals surface area (Å²) in [5.41, 5.74) is 13.2. The Morgan fingerprint density at radius 2 is 0.930 bits per heavy atom. The van der Waals surface area contributed by atoms with Crippen molar-refractivity contribution in [2.45, 2.75) is 19.3 Å². The van der Waals surface area contributed by atoms with E-state index in [0.29, 0.717) is 17.5 Å². The first-order chi connectivity index (χ1) is 21.1. The van der Waals surface area contributed by atoms with E-state index in [9.17, 15) is 0 Å². The molecule has 0 radical (unpaired) electrons. The summed E-state index contributed by atoms with van der Waals surface area (Å²) in [7, 11) is 0. The molecule has 0 spiro atoms. The normalized spacial score (nSPS) is 13.5. The van der Waals surface area contributed by atoms with Crippen molar-refractivity contribution in [3.05, 3.63) is 139 Å². The van der Waals surface area contributed by atoms with Crippen LogP contribution in [0.2, 0.25) is 0 Å². The lowest BCUT2D eigenvalue weighted by atomic mass is 9.78. The molecule has 0 atom stereocenters. The first kappa shape index (κ1) is 24.2. The zero-order chi connectivity index (χ0) is 28.7. The second-order valence-electron chi connectivity index (χ2n) is 12.0. The molecule has 3 nitrogen and oxygen atoms in total. The van der Waals surface area contributed by atoms with Gasteiger partial charge in [-0.05, 0) is 55.3 Å². The number of hydrogen-bond donors (Lipinski definition) is 0. The Labute approximate surface area is 250 Å². The van der Waals surface area contributed by atoms with E-state index in [0.717, 1.165) is 16.7 Å². The Morgan fingerprint density at radius 3 is 1.56 bits per heavy atom. The second-order valence-corrected chi connectivity index (χ2v) is 12.0. The Bertz CT molecular complexity index is 2190. The van der Waals surface area contributed by atoms with Gasteiger partial charge in [-0.15, -0.1) is 0 Å². The lowest BCUT2D eigenvalue weighted by Crippen LogP contribution is -2.17. The summed E-state index contributed by atoms with van der Waals surface area (Å²) in [4.78, 5) is 15.3. The number of hydrogen-bond acceptors (Lipinski definition) is 3. The summed E-state index contributed by atoms with van der Waals surface area (Å²) in [6.07, 6.45) is 0. The van der Waals surface area contributed by atoms with Crippen molar-refractivity contribution in [1.29, 1.82) is 0 Å². The van der Waals surface area contributed by atoms with Crippen LogP contribution < -0.4 is 0 Å². The Kier molecular flexibility index (Phi) is 4.95. The number of fused-ring (bicyclic) bond motifs is 2. The highest BCUT2D eigenvalue weighted by Crippen LogP contribution is 2.60. The summed E-state index contributed by atoms with van der Waals surface area (Å²) in [5.74, 6) is 2.06. The molecule has 9 rings (SSSR count). The smallest absolute Gasteiger partial charge is 0.164 e. The first-order valence-corrected chi connectivity index (χ1v) is 14.8. The molecule has 202 valence electrons. The predicted octanol–water partition coefficient (Wildman–Crippen LogP) is 9.98. The maximum absolute atomic E-state index is 5.15. The van der Waals surface area contributed by atoms with Crippen LogP contribution in [0.4, 0.5) is 0 Å². The van der Waals surface area contributed by atoms with Crippen LogP contribution in [-0.4, -0.2) is 15.0 Å². The van der Waals surface area contributed by atoms with Gasteiger partial charge in [0.1, 0.15) is 0 Å². The monoisotopic (exact) mass is 549 g/mol. The van der Waals surface area contributed by atoms with Gasteiger partial charge in [0.2, 0.25) is 0 Å². The summed E-state index contributed by atoms with van der Waals surface area (Å²) >= 11 is 0. The van der Waals surface area contributed by atoms with Crippen molar-refractivity contribution in [2.75, 3.05) is 0 Å². The minimum Gasteiger partial charge on any atom is -0.208 e. The molecule has 0 bridgehead atoms. The van der Waals surface area contributed by atoms with Gasteiger partial charge in [0.15, 0.2) is 17.5 Å². The quantitative estimate of drug-likeness (QED) is 0.220. The van der Waals surface area contributed by atoms with E-state index in [2.05, 4.69) is 105 Å². The van der Waals surface area contributed by atoms with Crippen molar-refractivity contribution in [1.82, 2.24) is 15.0 Å². The van der Waals surface area contributed by atoms with Gasteiger partial charge < -0.3 is 0 Å². The van der Waals surface area contributed by atoms with Gasteiger partial charge in [-0.1, -0.05) is 141 Å². The fourth-order valence-corrected chi connectivity index (χ4v) is 7.34. The summed E-state index contributed by atoms with van der Waals surface area (Å²) in [5, 5.41) is 2.58. The standard InChI is InChI=1S/C40H27N3/c1-40(2)32-21-11-20-29-27-18-9-16-24-17-10-19-28(33(24)27)30-22-23-31(36(40)35(30)34(29)32)39-42-37(25-12-5-3-6-13-25)41-38(43-39)26-14-7-4-8-15-26/h3-23H,1-2H3. The highest BCUT2D eigenvalue weighted by Gasteiger charge is 2.42. The molecule has 0 aliphatic heterocycles. The van der Waals surface area contributed by atoms with Crippen LogP contribution in [0.25, 0.3) is 78.3 Å². The van der Waals surface area contributed by atoms with Crippen LogP contribution in [0.1, 0.15) is 25.0 Å². The number of rotatable bonds is 3. The number of nitrogens with zero attached hydrogens (tertiary/aromatic N) is 3. The lowest BCUT2D eigenvalue weighted by molar-refractivity contribution is 0.661. The highest BCUT2D eigenvalue weighted by atomic mass is 15.0. The average molecular weight is 550 g/mol. The molecular weight excluding hydrogens is 522 g/mol. The van der Waals surface area contributed by atoms with E-state index in [1.165, 1.54) is 55.3 Å². The summed E-state index contributed by atoms with van der Waals surface area (Å²) in [6.45, 7) is 4.69. The topological polar surface area (TPSA) is 38.7 Å². The van der Waals surface area contributed by atoms with E-state index >= 15 is 0 Å². The van der Waals surface area contributed by atoms with Crippen molar-refractivity contribution in [3.8, 4) is 67.5 Å². The second kappa shape index (κ2) is 8.80. The van der Waals surface area contributed by atoms with Gasteiger partial charge in [0.25, 0.3) is 0 Å². The van der Waals surface area contributed by atoms with Gasteiger partial charge in [0.05, 0.1) is 0 Å². The fourth-order valence-electron chi connectivity index (χ4n) is 7.34. The minimum absolute atomic E-state index is 0.251. The minimum atomic E-state index is -0.251. The third-order valence-corrected chi connectivity index (χ3v) is 9.24. The van der Waals surface area contributed by atoms with Crippen LogP contribution in [-0.2, 0) is 5.41 Å².